The molecule has 1 aromatic rings. The standard InChI is InChI=1S/C14H19N3O2S/c1-17-4-5-20-8-12(17)13-15-7-10-6-9(14(18)19)2-3-11(10)16-13/h7,9,12H,2-6,8H2,1H3,(H,18,19). The Hall–Kier alpha value is -1.14. The second-order valence-corrected chi connectivity index (χ2v) is 6.70. The van der Waals surface area contributed by atoms with Crippen molar-refractivity contribution in [3.63, 3.8) is 0 Å². The third-order valence-electron chi connectivity index (χ3n) is 4.21. The predicted molar refractivity (Wildman–Crippen MR) is 77.9 cm³/mol. The molecule has 1 N–H and O–H groups in total. The Kier molecular flexibility index (Phi) is 3.94. The van der Waals surface area contributed by atoms with Crippen LogP contribution >= 0.6 is 11.8 Å². The van der Waals surface area contributed by atoms with Gasteiger partial charge in [-0.15, -0.1) is 0 Å². The van der Waals surface area contributed by atoms with Gasteiger partial charge >= 0.3 is 5.97 Å². The van der Waals surface area contributed by atoms with E-state index in [2.05, 4.69) is 16.9 Å². The first-order valence-electron chi connectivity index (χ1n) is 7.00. The summed E-state index contributed by atoms with van der Waals surface area (Å²) in [7, 11) is 2.12. The number of hydrogen-bond donors (Lipinski definition) is 1. The van der Waals surface area contributed by atoms with Crippen LogP contribution in [0, 0.1) is 5.92 Å². The van der Waals surface area contributed by atoms with Gasteiger partial charge in [0, 0.05) is 29.9 Å². The molecule has 0 radical (unpaired) electrons. The number of thioether (sulfide) groups is 1. The Balaban J connectivity index is 1.81. The minimum Gasteiger partial charge on any atom is -0.481 e. The molecule has 2 unspecified atom stereocenters. The van der Waals surface area contributed by atoms with Crippen LogP contribution in [0.2, 0.25) is 0 Å². The van der Waals surface area contributed by atoms with Crippen LogP contribution in [0.4, 0.5) is 0 Å². The normalized spacial score (nSPS) is 27.1. The van der Waals surface area contributed by atoms with Crippen LogP contribution in [0.1, 0.15) is 29.5 Å². The summed E-state index contributed by atoms with van der Waals surface area (Å²) >= 11 is 1.94. The maximum Gasteiger partial charge on any atom is 0.306 e. The Bertz CT molecular complexity index is 523. The second kappa shape index (κ2) is 5.69. The third-order valence-corrected chi connectivity index (χ3v) is 5.23. The molecule has 108 valence electrons. The maximum absolute atomic E-state index is 11.1. The Morgan fingerprint density at radius 2 is 2.40 bits per heavy atom. The average Bonchev–Trinajstić information content (AvgIpc) is 2.46. The molecule has 2 aliphatic rings. The molecule has 2 atom stereocenters. The topological polar surface area (TPSA) is 66.3 Å². The molecule has 0 saturated carbocycles. The summed E-state index contributed by atoms with van der Waals surface area (Å²) < 4.78 is 0. The van der Waals surface area contributed by atoms with E-state index in [1.807, 2.05) is 18.0 Å². The number of carboxylic acid groups (broad SMARTS) is 1. The zero-order chi connectivity index (χ0) is 14.1. The van der Waals surface area contributed by atoms with Crippen molar-refractivity contribution in [2.75, 3.05) is 25.1 Å². The fraction of sp³-hybridized carbons (Fsp3) is 0.643. The van der Waals surface area contributed by atoms with Crippen molar-refractivity contribution < 1.29 is 9.90 Å². The molecule has 1 saturated heterocycles. The SMILES string of the molecule is CN1CCSCC1c1ncc2c(n1)CCC(C(=O)O)C2. The van der Waals surface area contributed by atoms with Crippen LogP contribution in [0.15, 0.2) is 6.20 Å². The van der Waals surface area contributed by atoms with Crippen LogP contribution in [-0.2, 0) is 17.6 Å². The minimum absolute atomic E-state index is 0.273. The highest BCUT2D eigenvalue weighted by Crippen LogP contribution is 2.29. The molecule has 2 heterocycles. The van der Waals surface area contributed by atoms with Crippen molar-refractivity contribution in [2.45, 2.75) is 25.3 Å². The van der Waals surface area contributed by atoms with Gasteiger partial charge in [-0.05, 0) is 31.9 Å². The van der Waals surface area contributed by atoms with Crippen molar-refractivity contribution in [1.29, 1.82) is 0 Å². The lowest BCUT2D eigenvalue weighted by Gasteiger charge is -2.31. The molecule has 1 aromatic heterocycles. The molecule has 0 spiro atoms. The number of aromatic nitrogens is 2. The molecular weight excluding hydrogens is 274 g/mol. The highest BCUT2D eigenvalue weighted by atomic mass is 32.2. The summed E-state index contributed by atoms with van der Waals surface area (Å²) in [5.41, 5.74) is 2.06. The van der Waals surface area contributed by atoms with Crippen LogP contribution in [0.5, 0.6) is 0 Å². The molecule has 1 aliphatic carbocycles. The predicted octanol–water partition coefficient (Wildman–Crippen LogP) is 1.39. The van der Waals surface area contributed by atoms with Gasteiger partial charge in [0.05, 0.1) is 12.0 Å². The smallest absolute Gasteiger partial charge is 0.306 e. The van der Waals surface area contributed by atoms with Gasteiger partial charge in [0.25, 0.3) is 0 Å². The molecule has 3 rings (SSSR count). The van der Waals surface area contributed by atoms with E-state index in [0.29, 0.717) is 12.8 Å². The first kappa shape index (κ1) is 13.8. The maximum atomic E-state index is 11.1. The van der Waals surface area contributed by atoms with Gasteiger partial charge in [-0.2, -0.15) is 11.8 Å². The Morgan fingerprint density at radius 3 is 3.15 bits per heavy atom. The van der Waals surface area contributed by atoms with E-state index >= 15 is 0 Å². The van der Waals surface area contributed by atoms with Gasteiger partial charge < -0.3 is 5.11 Å². The summed E-state index contributed by atoms with van der Waals surface area (Å²) in [6, 6.07) is 0.288. The number of nitrogens with zero attached hydrogens (tertiary/aromatic N) is 3. The van der Waals surface area contributed by atoms with Crippen molar-refractivity contribution in [2.24, 2.45) is 5.92 Å². The number of carbonyl (C=O) groups is 1. The van der Waals surface area contributed by atoms with Crippen molar-refractivity contribution >= 4 is 17.7 Å². The van der Waals surface area contributed by atoms with E-state index in [0.717, 1.165) is 41.6 Å². The van der Waals surface area contributed by atoms with Crippen LogP contribution in [0.25, 0.3) is 0 Å². The van der Waals surface area contributed by atoms with E-state index in [4.69, 9.17) is 10.1 Å². The Labute approximate surface area is 122 Å². The number of aliphatic carboxylic acids is 1. The van der Waals surface area contributed by atoms with Crippen molar-refractivity contribution in [1.82, 2.24) is 14.9 Å². The molecule has 1 aliphatic heterocycles. The van der Waals surface area contributed by atoms with E-state index in [1.54, 1.807) is 0 Å². The number of rotatable bonds is 2. The van der Waals surface area contributed by atoms with Crippen LogP contribution in [0.3, 0.4) is 0 Å². The summed E-state index contributed by atoms with van der Waals surface area (Å²) in [6.45, 7) is 1.07. The molecule has 6 heteroatoms. The zero-order valence-corrected chi connectivity index (χ0v) is 12.4. The minimum atomic E-state index is -0.705. The number of aryl methyl sites for hydroxylation is 1. The molecule has 1 fully saturated rings. The van der Waals surface area contributed by atoms with Gasteiger partial charge in [-0.3, -0.25) is 9.69 Å². The lowest BCUT2D eigenvalue weighted by atomic mass is 9.87. The van der Waals surface area contributed by atoms with E-state index in [9.17, 15) is 4.79 Å². The van der Waals surface area contributed by atoms with Gasteiger partial charge in [-0.25, -0.2) is 9.97 Å². The van der Waals surface area contributed by atoms with Gasteiger partial charge in [0.15, 0.2) is 0 Å². The number of hydrogen-bond acceptors (Lipinski definition) is 5. The average molecular weight is 293 g/mol. The van der Waals surface area contributed by atoms with Gasteiger partial charge in [0.1, 0.15) is 5.82 Å². The summed E-state index contributed by atoms with van der Waals surface area (Å²) in [4.78, 5) is 22.6. The molecular formula is C14H19N3O2S. The quantitative estimate of drug-likeness (QED) is 0.889. The van der Waals surface area contributed by atoms with Crippen LogP contribution in [-0.4, -0.2) is 51.0 Å². The molecule has 5 nitrogen and oxygen atoms in total. The number of carboxylic acids is 1. The zero-order valence-electron chi connectivity index (χ0n) is 11.6. The highest BCUT2D eigenvalue weighted by molar-refractivity contribution is 7.99. The summed E-state index contributed by atoms with van der Waals surface area (Å²) in [6.07, 6.45) is 3.86. The largest absolute Gasteiger partial charge is 0.481 e. The fourth-order valence-electron chi connectivity index (χ4n) is 2.85. The lowest BCUT2D eigenvalue weighted by Crippen LogP contribution is -2.34. The van der Waals surface area contributed by atoms with E-state index < -0.39 is 5.97 Å². The second-order valence-electron chi connectivity index (χ2n) is 5.55. The summed E-state index contributed by atoms with van der Waals surface area (Å²) in [5.74, 6) is 2.12. The van der Waals surface area contributed by atoms with E-state index in [-0.39, 0.29) is 12.0 Å². The molecule has 20 heavy (non-hydrogen) atoms. The van der Waals surface area contributed by atoms with Gasteiger partial charge in [0.2, 0.25) is 0 Å². The Morgan fingerprint density at radius 1 is 1.55 bits per heavy atom. The fourth-order valence-corrected chi connectivity index (χ4v) is 4.06. The molecule has 0 amide bonds. The monoisotopic (exact) mass is 293 g/mol. The van der Waals surface area contributed by atoms with Crippen molar-refractivity contribution in [3.8, 4) is 0 Å². The first-order valence-corrected chi connectivity index (χ1v) is 8.16. The lowest BCUT2D eigenvalue weighted by molar-refractivity contribution is -0.142. The first-order chi connectivity index (χ1) is 9.65. The highest BCUT2D eigenvalue weighted by Gasteiger charge is 2.28. The number of fused-ring (bicyclic) bond motifs is 1. The van der Waals surface area contributed by atoms with Gasteiger partial charge in [-0.1, -0.05) is 0 Å². The van der Waals surface area contributed by atoms with Crippen molar-refractivity contribution in [3.05, 3.63) is 23.3 Å². The van der Waals surface area contributed by atoms with Crippen LogP contribution < -0.4 is 0 Å². The van der Waals surface area contributed by atoms with E-state index in [1.165, 1.54) is 0 Å². The molecule has 0 aromatic carbocycles. The molecule has 0 bridgehead atoms. The third kappa shape index (κ3) is 2.67. The summed E-state index contributed by atoms with van der Waals surface area (Å²) in [5, 5.41) is 9.11.